The van der Waals surface area contributed by atoms with E-state index in [1.807, 2.05) is 31.2 Å². The summed E-state index contributed by atoms with van der Waals surface area (Å²) >= 11 is 21.4. The standard InChI is InChI=1S/C22H18BrCl3N2O3S/c1-14-2-4-15(5-3-14)12-28(32(30,31)17-8-6-16(23)7-9-17)13-22(29)27-21-11-19(25)18(24)10-20(21)26/h2-11H,12-13H2,1H3,(H,27,29). The fraction of sp³-hybridized carbons (Fsp3) is 0.136. The number of carbonyl (C=O) groups is 1. The van der Waals surface area contributed by atoms with Gasteiger partial charge < -0.3 is 5.32 Å². The SMILES string of the molecule is Cc1ccc(CN(CC(=O)Nc2cc(Cl)c(Cl)cc2Cl)S(=O)(=O)c2ccc(Br)cc2)cc1. The Hall–Kier alpha value is -1.61. The molecule has 0 aliphatic heterocycles. The predicted molar refractivity (Wildman–Crippen MR) is 133 cm³/mol. The number of sulfonamides is 1. The van der Waals surface area contributed by atoms with Crippen LogP contribution >= 0.6 is 50.7 Å². The molecule has 0 bridgehead atoms. The summed E-state index contributed by atoms with van der Waals surface area (Å²) in [7, 11) is -3.97. The summed E-state index contributed by atoms with van der Waals surface area (Å²) in [5.41, 5.74) is 2.03. The number of benzene rings is 3. The zero-order chi connectivity index (χ0) is 23.5. The van der Waals surface area contributed by atoms with Gasteiger partial charge >= 0.3 is 0 Å². The molecule has 32 heavy (non-hydrogen) atoms. The highest BCUT2D eigenvalue weighted by Crippen LogP contribution is 2.32. The highest BCUT2D eigenvalue weighted by atomic mass is 79.9. The first-order valence-corrected chi connectivity index (χ1v) is 12.7. The molecule has 0 fully saturated rings. The largest absolute Gasteiger partial charge is 0.324 e. The molecule has 5 nitrogen and oxygen atoms in total. The van der Waals surface area contributed by atoms with Crippen LogP contribution in [0.2, 0.25) is 15.1 Å². The van der Waals surface area contributed by atoms with Crippen LogP contribution in [0.25, 0.3) is 0 Å². The molecule has 1 N–H and O–H groups in total. The maximum atomic E-state index is 13.3. The van der Waals surface area contributed by atoms with E-state index >= 15 is 0 Å². The van der Waals surface area contributed by atoms with Crippen molar-refractivity contribution in [3.63, 3.8) is 0 Å². The summed E-state index contributed by atoms with van der Waals surface area (Å²) in [5, 5.41) is 3.25. The van der Waals surface area contributed by atoms with Crippen LogP contribution in [0.3, 0.4) is 0 Å². The molecule has 0 saturated carbocycles. The number of nitrogens with zero attached hydrogens (tertiary/aromatic N) is 1. The van der Waals surface area contributed by atoms with Gasteiger partial charge in [-0.2, -0.15) is 4.31 Å². The van der Waals surface area contributed by atoms with Gasteiger partial charge in [0.15, 0.2) is 0 Å². The molecule has 3 aromatic rings. The van der Waals surface area contributed by atoms with Crippen molar-refractivity contribution < 1.29 is 13.2 Å². The molecule has 0 aliphatic carbocycles. The number of aryl methyl sites for hydroxylation is 1. The van der Waals surface area contributed by atoms with Gasteiger partial charge in [-0.1, -0.05) is 80.6 Å². The third-order valence-electron chi connectivity index (χ3n) is 4.53. The van der Waals surface area contributed by atoms with Crippen molar-refractivity contribution in [2.75, 3.05) is 11.9 Å². The molecule has 0 atom stereocenters. The van der Waals surface area contributed by atoms with Crippen molar-refractivity contribution >= 4 is 72.4 Å². The highest BCUT2D eigenvalue weighted by Gasteiger charge is 2.27. The van der Waals surface area contributed by atoms with Crippen LogP contribution in [-0.2, 0) is 21.4 Å². The lowest BCUT2D eigenvalue weighted by molar-refractivity contribution is -0.116. The zero-order valence-electron chi connectivity index (χ0n) is 16.8. The van der Waals surface area contributed by atoms with Crippen LogP contribution in [0.1, 0.15) is 11.1 Å². The number of hydrogen-bond donors (Lipinski definition) is 1. The summed E-state index contributed by atoms with van der Waals surface area (Å²) in [5.74, 6) is -0.571. The van der Waals surface area contributed by atoms with Crippen LogP contribution in [0.4, 0.5) is 5.69 Å². The molecule has 168 valence electrons. The monoisotopic (exact) mass is 574 g/mol. The van der Waals surface area contributed by atoms with Crippen LogP contribution < -0.4 is 5.32 Å². The molecular formula is C22H18BrCl3N2O3S. The van der Waals surface area contributed by atoms with E-state index in [1.54, 1.807) is 12.1 Å². The van der Waals surface area contributed by atoms with Gasteiger partial charge in [-0.05, 0) is 48.9 Å². The minimum Gasteiger partial charge on any atom is -0.324 e. The lowest BCUT2D eigenvalue weighted by Crippen LogP contribution is -2.37. The third-order valence-corrected chi connectivity index (χ3v) is 7.90. The van der Waals surface area contributed by atoms with E-state index in [0.29, 0.717) is 0 Å². The quantitative estimate of drug-likeness (QED) is 0.325. The number of nitrogens with one attached hydrogen (secondary N) is 1. The van der Waals surface area contributed by atoms with Crippen molar-refractivity contribution in [3.8, 4) is 0 Å². The lowest BCUT2D eigenvalue weighted by atomic mass is 10.1. The van der Waals surface area contributed by atoms with Gasteiger partial charge in [0, 0.05) is 11.0 Å². The first-order chi connectivity index (χ1) is 15.1. The Morgan fingerprint density at radius 2 is 1.53 bits per heavy atom. The fourth-order valence-electron chi connectivity index (χ4n) is 2.85. The van der Waals surface area contributed by atoms with E-state index < -0.39 is 22.5 Å². The van der Waals surface area contributed by atoms with Crippen LogP contribution in [0.15, 0.2) is 70.0 Å². The predicted octanol–water partition coefficient (Wildman–Crippen LogP) is 6.55. The molecule has 3 aromatic carbocycles. The van der Waals surface area contributed by atoms with Crippen LogP contribution in [-0.4, -0.2) is 25.2 Å². The average Bonchev–Trinajstić information content (AvgIpc) is 2.73. The number of hydrogen-bond acceptors (Lipinski definition) is 3. The van der Waals surface area contributed by atoms with Gasteiger partial charge in [0.2, 0.25) is 15.9 Å². The number of carbonyl (C=O) groups excluding carboxylic acids is 1. The highest BCUT2D eigenvalue weighted by molar-refractivity contribution is 9.10. The number of anilines is 1. The van der Waals surface area contributed by atoms with Gasteiger partial charge in [0.05, 0.1) is 32.2 Å². The Morgan fingerprint density at radius 3 is 2.16 bits per heavy atom. The molecule has 0 radical (unpaired) electrons. The Bertz CT molecular complexity index is 1230. The first-order valence-electron chi connectivity index (χ1n) is 9.32. The number of amides is 1. The van der Waals surface area contributed by atoms with Crippen LogP contribution in [0, 0.1) is 6.92 Å². The third kappa shape index (κ3) is 6.25. The second-order valence-corrected chi connectivity index (χ2v) is 11.1. The molecular weight excluding hydrogens is 559 g/mol. The number of rotatable bonds is 7. The molecule has 1 amide bonds. The summed E-state index contributed by atoms with van der Waals surface area (Å²) in [6.45, 7) is 1.53. The second kappa shape index (κ2) is 10.5. The van der Waals surface area contributed by atoms with E-state index in [2.05, 4.69) is 21.2 Å². The van der Waals surface area contributed by atoms with E-state index in [4.69, 9.17) is 34.8 Å². The molecule has 0 aliphatic rings. The van der Waals surface area contributed by atoms with Gasteiger partial charge in [-0.15, -0.1) is 0 Å². The smallest absolute Gasteiger partial charge is 0.243 e. The summed E-state index contributed by atoms with van der Waals surface area (Å²) in [6, 6.07) is 16.5. The Morgan fingerprint density at radius 1 is 0.938 bits per heavy atom. The molecule has 10 heteroatoms. The maximum absolute atomic E-state index is 13.3. The van der Waals surface area contributed by atoms with Gasteiger partial charge in [0.1, 0.15) is 0 Å². The molecule has 0 heterocycles. The van der Waals surface area contributed by atoms with Gasteiger partial charge in [0.25, 0.3) is 0 Å². The molecule has 0 unspecified atom stereocenters. The number of halogens is 4. The van der Waals surface area contributed by atoms with E-state index in [1.165, 1.54) is 24.3 Å². The van der Waals surface area contributed by atoms with E-state index in [0.717, 1.165) is 19.9 Å². The Labute approximate surface area is 210 Å². The first kappa shape index (κ1) is 25.0. The van der Waals surface area contributed by atoms with Gasteiger partial charge in [-0.25, -0.2) is 8.42 Å². The van der Waals surface area contributed by atoms with Crippen molar-refractivity contribution in [2.24, 2.45) is 0 Å². The van der Waals surface area contributed by atoms with Gasteiger partial charge in [-0.3, -0.25) is 4.79 Å². The summed E-state index contributed by atoms with van der Waals surface area (Å²) < 4.78 is 28.5. The molecule has 0 saturated heterocycles. The molecule has 0 aromatic heterocycles. The Balaban J connectivity index is 1.89. The molecule has 3 rings (SSSR count). The summed E-state index contributed by atoms with van der Waals surface area (Å²) in [6.07, 6.45) is 0. The normalized spacial score (nSPS) is 11.6. The van der Waals surface area contributed by atoms with Crippen molar-refractivity contribution in [3.05, 3.63) is 91.3 Å². The van der Waals surface area contributed by atoms with Crippen molar-refractivity contribution in [1.29, 1.82) is 0 Å². The molecule has 0 spiro atoms. The van der Waals surface area contributed by atoms with E-state index in [9.17, 15) is 13.2 Å². The summed E-state index contributed by atoms with van der Waals surface area (Å²) in [4.78, 5) is 12.9. The van der Waals surface area contributed by atoms with Crippen molar-refractivity contribution in [2.45, 2.75) is 18.4 Å². The Kier molecular flexibility index (Phi) is 8.25. The average molecular weight is 577 g/mol. The maximum Gasteiger partial charge on any atom is 0.243 e. The minimum atomic E-state index is -3.97. The zero-order valence-corrected chi connectivity index (χ0v) is 21.5. The topological polar surface area (TPSA) is 66.5 Å². The minimum absolute atomic E-state index is 0.0151. The fourth-order valence-corrected chi connectivity index (χ4v) is 5.09. The second-order valence-electron chi connectivity index (χ2n) is 7.01. The van der Waals surface area contributed by atoms with Crippen molar-refractivity contribution in [1.82, 2.24) is 4.31 Å². The lowest BCUT2D eigenvalue weighted by Gasteiger charge is -2.22. The van der Waals surface area contributed by atoms with E-state index in [-0.39, 0.29) is 32.2 Å². The van der Waals surface area contributed by atoms with Crippen LogP contribution in [0.5, 0.6) is 0 Å².